The summed E-state index contributed by atoms with van der Waals surface area (Å²) in [6.45, 7) is 16.0. The molecule has 186 valence electrons. The van der Waals surface area contributed by atoms with E-state index in [1.165, 1.54) is 5.01 Å². The smallest absolute Gasteiger partial charge is 0.273 e. The van der Waals surface area contributed by atoms with E-state index in [0.717, 1.165) is 16.8 Å². The van der Waals surface area contributed by atoms with E-state index in [1.807, 2.05) is 69.3 Å². The molecule has 1 aliphatic heterocycles. The number of para-hydroxylation sites is 2. The summed E-state index contributed by atoms with van der Waals surface area (Å²) >= 11 is 0. The lowest BCUT2D eigenvalue weighted by atomic mass is 9.92. The molecule has 1 heterocycles. The fraction of sp³-hybridized carbons (Fsp3) is 0.429. The van der Waals surface area contributed by atoms with Crippen LogP contribution in [0.1, 0.15) is 78.4 Å². The molecule has 2 amide bonds. The Hall–Kier alpha value is -3.48. The molecular formula is C28H37N5O2. The molecule has 0 aliphatic carbocycles. The Labute approximate surface area is 208 Å². The van der Waals surface area contributed by atoms with Crippen molar-refractivity contribution in [3.63, 3.8) is 0 Å². The van der Waals surface area contributed by atoms with E-state index in [0.29, 0.717) is 11.4 Å². The first-order valence-electron chi connectivity index (χ1n) is 12.1. The molecule has 0 radical (unpaired) electrons. The van der Waals surface area contributed by atoms with Gasteiger partial charge in [-0.15, -0.1) is 0 Å². The summed E-state index contributed by atoms with van der Waals surface area (Å²) in [6.07, 6.45) is 0. The molecule has 3 rings (SSSR count). The number of carbonyl (C=O) groups excluding carboxylic acids is 2. The van der Waals surface area contributed by atoms with Gasteiger partial charge in [-0.2, -0.15) is 15.2 Å². The van der Waals surface area contributed by atoms with Crippen molar-refractivity contribution in [2.75, 3.05) is 10.3 Å². The Kier molecular flexibility index (Phi) is 7.78. The van der Waals surface area contributed by atoms with E-state index in [4.69, 9.17) is 0 Å². The van der Waals surface area contributed by atoms with Gasteiger partial charge in [0, 0.05) is 11.2 Å². The zero-order valence-electron chi connectivity index (χ0n) is 22.0. The molecule has 1 atom stereocenters. The van der Waals surface area contributed by atoms with Crippen molar-refractivity contribution in [2.45, 2.75) is 72.8 Å². The SMILES string of the molecule is CC1=NN(c2ccccc2)C(=O)[C@@H]1/C(=N\NC(C)(C)C)C(=O)Nc1c(C(C)C)cccc1C(C)C. The second-order valence-electron chi connectivity index (χ2n) is 10.6. The summed E-state index contributed by atoms with van der Waals surface area (Å²) in [7, 11) is 0. The molecule has 0 spiro atoms. The van der Waals surface area contributed by atoms with Crippen molar-refractivity contribution in [1.82, 2.24) is 5.43 Å². The molecular weight excluding hydrogens is 438 g/mol. The number of nitrogens with zero attached hydrogens (tertiary/aromatic N) is 3. The summed E-state index contributed by atoms with van der Waals surface area (Å²) in [6, 6.07) is 15.3. The minimum Gasteiger partial charge on any atom is -0.320 e. The summed E-state index contributed by atoms with van der Waals surface area (Å²) in [5, 5.41) is 13.4. The predicted molar refractivity (Wildman–Crippen MR) is 144 cm³/mol. The largest absolute Gasteiger partial charge is 0.320 e. The molecule has 35 heavy (non-hydrogen) atoms. The van der Waals surface area contributed by atoms with Crippen molar-refractivity contribution in [2.24, 2.45) is 16.1 Å². The van der Waals surface area contributed by atoms with Crippen LogP contribution in [0.15, 0.2) is 58.7 Å². The highest BCUT2D eigenvalue weighted by Gasteiger charge is 2.41. The van der Waals surface area contributed by atoms with Gasteiger partial charge in [-0.1, -0.05) is 64.1 Å². The van der Waals surface area contributed by atoms with E-state index in [-0.39, 0.29) is 23.5 Å². The number of hydrogen-bond acceptors (Lipinski definition) is 5. The lowest BCUT2D eigenvalue weighted by molar-refractivity contribution is -0.119. The third-order valence-electron chi connectivity index (χ3n) is 5.76. The molecule has 7 nitrogen and oxygen atoms in total. The number of nitrogens with one attached hydrogen (secondary N) is 2. The number of amides is 2. The predicted octanol–water partition coefficient (Wildman–Crippen LogP) is 5.65. The fourth-order valence-electron chi connectivity index (χ4n) is 3.98. The maximum absolute atomic E-state index is 13.8. The molecule has 7 heteroatoms. The molecule has 0 unspecified atom stereocenters. The van der Waals surface area contributed by atoms with Crippen LogP contribution < -0.4 is 15.8 Å². The maximum Gasteiger partial charge on any atom is 0.273 e. The van der Waals surface area contributed by atoms with E-state index >= 15 is 0 Å². The van der Waals surface area contributed by atoms with Crippen LogP contribution in [0, 0.1) is 5.92 Å². The van der Waals surface area contributed by atoms with Gasteiger partial charge in [-0.3, -0.25) is 9.59 Å². The van der Waals surface area contributed by atoms with Crippen molar-refractivity contribution in [3.05, 3.63) is 59.7 Å². The quantitative estimate of drug-likeness (QED) is 0.400. The third kappa shape index (κ3) is 5.96. The van der Waals surface area contributed by atoms with E-state index in [1.54, 1.807) is 6.92 Å². The zero-order chi connectivity index (χ0) is 25.9. The van der Waals surface area contributed by atoms with Crippen LogP contribution in [-0.2, 0) is 9.59 Å². The van der Waals surface area contributed by atoms with E-state index in [9.17, 15) is 9.59 Å². The van der Waals surface area contributed by atoms with Gasteiger partial charge in [-0.05, 0) is 62.8 Å². The lowest BCUT2D eigenvalue weighted by Crippen LogP contribution is -2.42. The molecule has 0 fully saturated rings. The molecule has 2 aromatic rings. The first kappa shape index (κ1) is 26.1. The van der Waals surface area contributed by atoms with Gasteiger partial charge in [0.1, 0.15) is 11.6 Å². The van der Waals surface area contributed by atoms with Crippen LogP contribution in [0.4, 0.5) is 11.4 Å². The van der Waals surface area contributed by atoms with Crippen molar-refractivity contribution >= 4 is 34.6 Å². The summed E-state index contributed by atoms with van der Waals surface area (Å²) in [5.41, 5.74) is 6.78. The third-order valence-corrected chi connectivity index (χ3v) is 5.76. The minimum atomic E-state index is -0.890. The summed E-state index contributed by atoms with van der Waals surface area (Å²) < 4.78 is 0. The highest BCUT2D eigenvalue weighted by atomic mass is 16.2. The topological polar surface area (TPSA) is 86.2 Å². The number of carbonyl (C=O) groups is 2. The lowest BCUT2D eigenvalue weighted by Gasteiger charge is -2.23. The molecule has 0 saturated heterocycles. The highest BCUT2D eigenvalue weighted by molar-refractivity contribution is 6.52. The van der Waals surface area contributed by atoms with Gasteiger partial charge < -0.3 is 10.7 Å². The Morgan fingerprint density at radius 3 is 2.06 bits per heavy atom. The van der Waals surface area contributed by atoms with Crippen LogP contribution in [-0.4, -0.2) is 28.8 Å². The molecule has 1 aliphatic rings. The molecule has 2 N–H and O–H groups in total. The molecule has 0 bridgehead atoms. The number of hydrazone groups is 2. The van der Waals surface area contributed by atoms with Crippen molar-refractivity contribution in [1.29, 1.82) is 0 Å². The van der Waals surface area contributed by atoms with Crippen LogP contribution >= 0.6 is 0 Å². The first-order valence-corrected chi connectivity index (χ1v) is 12.1. The van der Waals surface area contributed by atoms with Gasteiger partial charge in [0.25, 0.3) is 11.8 Å². The number of rotatable bonds is 7. The fourth-order valence-corrected chi connectivity index (χ4v) is 3.98. The molecule has 0 aromatic heterocycles. The zero-order valence-corrected chi connectivity index (χ0v) is 22.0. The van der Waals surface area contributed by atoms with Crippen LogP contribution in [0.5, 0.6) is 0 Å². The van der Waals surface area contributed by atoms with Crippen LogP contribution in [0.2, 0.25) is 0 Å². The highest BCUT2D eigenvalue weighted by Crippen LogP contribution is 2.33. The standard InChI is InChI=1S/C28H37N5O2/c1-17(2)21-15-12-16-22(18(3)4)24(21)29-26(34)25(30-32-28(6,7)8)23-19(5)31-33(27(23)35)20-13-10-9-11-14-20/h9-18,23,32H,1-8H3,(H,29,34)/b30-25+/t23-/m0/s1. The molecule has 2 aromatic carbocycles. The van der Waals surface area contributed by atoms with E-state index in [2.05, 4.69) is 48.6 Å². The number of benzene rings is 2. The Morgan fingerprint density at radius 1 is 0.971 bits per heavy atom. The van der Waals surface area contributed by atoms with Gasteiger partial charge in [0.15, 0.2) is 0 Å². The Morgan fingerprint density at radius 2 is 1.54 bits per heavy atom. The Bertz CT molecular complexity index is 1120. The van der Waals surface area contributed by atoms with Gasteiger partial charge in [0.05, 0.1) is 11.4 Å². The van der Waals surface area contributed by atoms with Crippen LogP contribution in [0.25, 0.3) is 0 Å². The van der Waals surface area contributed by atoms with Crippen molar-refractivity contribution < 1.29 is 9.59 Å². The van der Waals surface area contributed by atoms with Crippen molar-refractivity contribution in [3.8, 4) is 0 Å². The summed E-state index contributed by atoms with van der Waals surface area (Å²) in [5.74, 6) is -1.19. The molecule has 0 saturated carbocycles. The average Bonchev–Trinajstić information content (AvgIpc) is 3.07. The Balaban J connectivity index is 2.03. The maximum atomic E-state index is 13.8. The van der Waals surface area contributed by atoms with E-state index < -0.39 is 17.4 Å². The normalized spacial score (nSPS) is 16.7. The first-order chi connectivity index (χ1) is 16.4. The van der Waals surface area contributed by atoms with Gasteiger partial charge in [-0.25, -0.2) is 0 Å². The second kappa shape index (κ2) is 10.4. The average molecular weight is 476 g/mol. The number of hydrogen-bond donors (Lipinski definition) is 2. The van der Waals surface area contributed by atoms with Crippen LogP contribution in [0.3, 0.4) is 0 Å². The number of anilines is 2. The minimum absolute atomic E-state index is 0.0953. The second-order valence-corrected chi connectivity index (χ2v) is 10.6. The van der Waals surface area contributed by atoms with Gasteiger partial charge in [0.2, 0.25) is 0 Å². The monoisotopic (exact) mass is 475 g/mol. The summed E-state index contributed by atoms with van der Waals surface area (Å²) in [4.78, 5) is 27.3. The van der Waals surface area contributed by atoms with Gasteiger partial charge >= 0.3 is 0 Å².